The molecule has 2 aromatic heterocycles. The number of anilines is 1. The highest BCUT2D eigenvalue weighted by atomic mass is 32.2. The summed E-state index contributed by atoms with van der Waals surface area (Å²) in [5.41, 5.74) is 5.92. The fraction of sp³-hybridized carbons (Fsp3) is 0.143. The number of nitrogens with zero attached hydrogens (tertiary/aromatic N) is 3. The molecule has 3 aromatic carbocycles. The van der Waals surface area contributed by atoms with Gasteiger partial charge in [-0.1, -0.05) is 71.9 Å². The quantitative estimate of drug-likeness (QED) is 0.305. The first-order chi connectivity index (χ1) is 17.5. The number of nitrogens with one attached hydrogen (secondary N) is 2. The number of hydrogen-bond acceptors (Lipinski definition) is 5. The predicted octanol–water partition coefficient (Wildman–Crippen LogP) is 5.16. The fourth-order valence-corrected chi connectivity index (χ4v) is 4.81. The molecule has 0 atom stereocenters. The Bertz CT molecular complexity index is 1580. The third kappa shape index (κ3) is 4.94. The summed E-state index contributed by atoms with van der Waals surface area (Å²) in [5, 5.41) is 16.1. The number of aryl methyl sites for hydroxylation is 2. The SMILES string of the molecule is Cc1ccc(CNC(=O)c2ccccc2NC(=O)CSc2nnc3cc(C)c4ccccc4n23)cc1. The molecule has 0 saturated carbocycles. The van der Waals surface area contributed by atoms with Crippen LogP contribution in [0, 0.1) is 13.8 Å². The van der Waals surface area contributed by atoms with E-state index in [1.165, 1.54) is 17.3 Å². The van der Waals surface area contributed by atoms with Gasteiger partial charge in [0.25, 0.3) is 5.91 Å². The summed E-state index contributed by atoms with van der Waals surface area (Å²) in [6, 6.07) is 25.0. The number of aromatic nitrogens is 3. The molecule has 2 heterocycles. The minimum Gasteiger partial charge on any atom is -0.348 e. The van der Waals surface area contributed by atoms with Crippen molar-refractivity contribution in [3.05, 3.63) is 101 Å². The lowest BCUT2D eigenvalue weighted by molar-refractivity contribution is -0.113. The van der Waals surface area contributed by atoms with Crippen molar-refractivity contribution in [3.63, 3.8) is 0 Å². The van der Waals surface area contributed by atoms with Gasteiger partial charge in [-0.2, -0.15) is 0 Å². The Hall–Kier alpha value is -4.17. The van der Waals surface area contributed by atoms with Gasteiger partial charge in [0.2, 0.25) is 5.91 Å². The smallest absolute Gasteiger partial charge is 0.253 e. The van der Waals surface area contributed by atoms with Crippen molar-refractivity contribution in [2.24, 2.45) is 0 Å². The first-order valence-electron chi connectivity index (χ1n) is 11.6. The Morgan fingerprint density at radius 1 is 0.917 bits per heavy atom. The van der Waals surface area contributed by atoms with Crippen molar-refractivity contribution in [2.75, 3.05) is 11.1 Å². The molecule has 0 aliphatic heterocycles. The van der Waals surface area contributed by atoms with E-state index in [4.69, 9.17) is 0 Å². The van der Waals surface area contributed by atoms with Gasteiger partial charge in [0.1, 0.15) is 0 Å². The molecule has 36 heavy (non-hydrogen) atoms. The number of carbonyl (C=O) groups is 2. The molecule has 180 valence electrons. The Balaban J connectivity index is 1.27. The van der Waals surface area contributed by atoms with Gasteiger partial charge in [-0.15, -0.1) is 10.2 Å². The molecule has 0 fully saturated rings. The van der Waals surface area contributed by atoms with Crippen molar-refractivity contribution in [2.45, 2.75) is 25.5 Å². The minimum atomic E-state index is -0.246. The standard InChI is InChI=1S/C28H25N5O2S/c1-18-11-13-20(14-12-18)16-29-27(35)22-8-3-5-9-23(22)30-26(34)17-36-28-32-31-25-15-19(2)21-7-4-6-10-24(21)33(25)28/h3-15H,16-17H2,1-2H3,(H,29,35)(H,30,34). The van der Waals surface area contributed by atoms with Gasteiger partial charge >= 0.3 is 0 Å². The number of hydrogen-bond donors (Lipinski definition) is 2. The second-order valence-electron chi connectivity index (χ2n) is 8.57. The molecule has 5 aromatic rings. The maximum absolute atomic E-state index is 12.8. The summed E-state index contributed by atoms with van der Waals surface area (Å²) in [4.78, 5) is 25.7. The lowest BCUT2D eigenvalue weighted by Crippen LogP contribution is -2.25. The van der Waals surface area contributed by atoms with E-state index < -0.39 is 0 Å². The number of pyridine rings is 1. The van der Waals surface area contributed by atoms with Crippen molar-refractivity contribution in [1.29, 1.82) is 0 Å². The molecule has 0 radical (unpaired) electrons. The zero-order valence-electron chi connectivity index (χ0n) is 20.0. The molecular formula is C28H25N5O2S. The van der Waals surface area contributed by atoms with Crippen LogP contribution >= 0.6 is 11.8 Å². The van der Waals surface area contributed by atoms with Gasteiger partial charge in [-0.05, 0) is 49.2 Å². The van der Waals surface area contributed by atoms with Crippen LogP contribution in [0.4, 0.5) is 5.69 Å². The highest BCUT2D eigenvalue weighted by Gasteiger charge is 2.16. The molecule has 0 aliphatic rings. The van der Waals surface area contributed by atoms with E-state index >= 15 is 0 Å². The molecular weight excluding hydrogens is 470 g/mol. The average molecular weight is 496 g/mol. The van der Waals surface area contributed by atoms with Crippen molar-refractivity contribution < 1.29 is 9.59 Å². The van der Waals surface area contributed by atoms with Gasteiger partial charge < -0.3 is 10.6 Å². The second kappa shape index (κ2) is 10.2. The van der Waals surface area contributed by atoms with E-state index in [1.54, 1.807) is 24.3 Å². The Labute approximate surface area is 212 Å². The molecule has 2 N–H and O–H groups in total. The first-order valence-corrected chi connectivity index (χ1v) is 12.6. The maximum Gasteiger partial charge on any atom is 0.253 e. The van der Waals surface area contributed by atoms with Crippen molar-refractivity contribution in [3.8, 4) is 0 Å². The van der Waals surface area contributed by atoms with Crippen LogP contribution in [-0.2, 0) is 11.3 Å². The summed E-state index contributed by atoms with van der Waals surface area (Å²) in [7, 11) is 0. The van der Waals surface area contributed by atoms with Crippen LogP contribution in [0.3, 0.4) is 0 Å². The lowest BCUT2D eigenvalue weighted by Gasteiger charge is -2.12. The normalized spacial score (nSPS) is 11.1. The third-order valence-corrected chi connectivity index (χ3v) is 6.85. The zero-order chi connectivity index (χ0) is 25.1. The molecule has 0 aliphatic carbocycles. The summed E-state index contributed by atoms with van der Waals surface area (Å²) >= 11 is 1.30. The van der Waals surface area contributed by atoms with E-state index in [1.807, 2.05) is 66.8 Å². The number of rotatable bonds is 7. The van der Waals surface area contributed by atoms with Crippen LogP contribution in [0.2, 0.25) is 0 Å². The van der Waals surface area contributed by atoms with Gasteiger partial charge in [-0.25, -0.2) is 0 Å². The summed E-state index contributed by atoms with van der Waals surface area (Å²) in [6.45, 7) is 4.48. The molecule has 7 nitrogen and oxygen atoms in total. The maximum atomic E-state index is 12.8. The second-order valence-corrected chi connectivity index (χ2v) is 9.51. The topological polar surface area (TPSA) is 88.4 Å². The van der Waals surface area contributed by atoms with Crippen LogP contribution < -0.4 is 10.6 Å². The van der Waals surface area contributed by atoms with Gasteiger partial charge in [-0.3, -0.25) is 14.0 Å². The number of para-hydroxylation sites is 2. The molecule has 0 spiro atoms. The zero-order valence-corrected chi connectivity index (χ0v) is 20.8. The molecule has 8 heteroatoms. The molecule has 0 unspecified atom stereocenters. The fourth-order valence-electron chi connectivity index (χ4n) is 4.06. The third-order valence-electron chi connectivity index (χ3n) is 5.93. The molecule has 0 bridgehead atoms. The number of benzene rings is 3. The Kier molecular flexibility index (Phi) is 6.69. The van der Waals surface area contributed by atoms with Crippen molar-refractivity contribution in [1.82, 2.24) is 19.9 Å². The van der Waals surface area contributed by atoms with E-state index in [0.717, 1.165) is 27.7 Å². The molecule has 5 rings (SSSR count). The average Bonchev–Trinajstić information content (AvgIpc) is 3.30. The van der Waals surface area contributed by atoms with E-state index in [0.29, 0.717) is 23.0 Å². The monoisotopic (exact) mass is 495 g/mol. The summed E-state index contributed by atoms with van der Waals surface area (Å²) in [5.74, 6) is -0.348. The van der Waals surface area contributed by atoms with E-state index in [2.05, 4.69) is 26.9 Å². The van der Waals surface area contributed by atoms with Crippen LogP contribution in [0.5, 0.6) is 0 Å². The largest absolute Gasteiger partial charge is 0.348 e. The van der Waals surface area contributed by atoms with Crippen LogP contribution in [0.1, 0.15) is 27.0 Å². The highest BCUT2D eigenvalue weighted by molar-refractivity contribution is 7.99. The summed E-state index contributed by atoms with van der Waals surface area (Å²) < 4.78 is 1.97. The summed E-state index contributed by atoms with van der Waals surface area (Å²) in [6.07, 6.45) is 0. The Morgan fingerprint density at radius 3 is 2.50 bits per heavy atom. The van der Waals surface area contributed by atoms with Crippen LogP contribution in [0.15, 0.2) is 84.0 Å². The van der Waals surface area contributed by atoms with E-state index in [-0.39, 0.29) is 17.6 Å². The molecule has 0 saturated heterocycles. The van der Waals surface area contributed by atoms with Crippen LogP contribution in [-0.4, -0.2) is 32.2 Å². The van der Waals surface area contributed by atoms with Crippen LogP contribution in [0.25, 0.3) is 16.6 Å². The number of amides is 2. The lowest BCUT2D eigenvalue weighted by atomic mass is 10.1. The Morgan fingerprint density at radius 2 is 1.67 bits per heavy atom. The van der Waals surface area contributed by atoms with Gasteiger partial charge in [0.15, 0.2) is 10.8 Å². The predicted molar refractivity (Wildman–Crippen MR) is 143 cm³/mol. The highest BCUT2D eigenvalue weighted by Crippen LogP contribution is 2.26. The number of fused-ring (bicyclic) bond motifs is 3. The first kappa shape index (κ1) is 23.6. The van der Waals surface area contributed by atoms with Crippen molar-refractivity contribution >= 4 is 45.8 Å². The number of carbonyl (C=O) groups excluding carboxylic acids is 2. The van der Waals surface area contributed by atoms with Gasteiger partial charge in [0, 0.05) is 11.9 Å². The minimum absolute atomic E-state index is 0.127. The molecule has 2 amide bonds. The number of thioether (sulfide) groups is 1. The van der Waals surface area contributed by atoms with Gasteiger partial charge in [0.05, 0.1) is 22.5 Å². The van der Waals surface area contributed by atoms with E-state index in [9.17, 15) is 9.59 Å².